The van der Waals surface area contributed by atoms with Gasteiger partial charge >= 0.3 is 5.97 Å². The molecule has 4 heteroatoms. The number of hydrogen-bond acceptors (Lipinski definition) is 3. The fraction of sp³-hybridized carbons (Fsp3) is 0.889. The summed E-state index contributed by atoms with van der Waals surface area (Å²) in [7, 11) is 0. The first kappa shape index (κ1) is 10.9. The second-order valence-corrected chi connectivity index (χ2v) is 4.67. The van der Waals surface area contributed by atoms with Crippen molar-refractivity contribution < 1.29 is 15.0 Å². The zero-order chi connectivity index (χ0) is 9.68. The van der Waals surface area contributed by atoms with Crippen molar-refractivity contribution in [3.63, 3.8) is 0 Å². The number of thioether (sulfide) groups is 1. The quantitative estimate of drug-likeness (QED) is 0.728. The van der Waals surface area contributed by atoms with Gasteiger partial charge in [0.2, 0.25) is 0 Å². The average Bonchev–Trinajstić information content (AvgIpc) is 2.27. The Morgan fingerprint density at radius 2 is 2.08 bits per heavy atom. The van der Waals surface area contributed by atoms with E-state index in [-0.39, 0.29) is 18.4 Å². The third kappa shape index (κ3) is 4.00. The lowest BCUT2D eigenvalue weighted by Gasteiger charge is -2.18. The van der Waals surface area contributed by atoms with Crippen LogP contribution in [0.4, 0.5) is 0 Å². The lowest BCUT2D eigenvalue weighted by atomic mass is 9.93. The maximum Gasteiger partial charge on any atom is 0.303 e. The predicted molar refractivity (Wildman–Crippen MR) is 52.9 cm³/mol. The van der Waals surface area contributed by atoms with Gasteiger partial charge in [0.25, 0.3) is 0 Å². The summed E-state index contributed by atoms with van der Waals surface area (Å²) in [6.07, 6.45) is 2.30. The second kappa shape index (κ2) is 5.50. The SMILES string of the molecule is O=C(O)CC[C@H]1CCSCC[C@H]1O. The lowest BCUT2D eigenvalue weighted by Crippen LogP contribution is -2.20. The zero-order valence-electron chi connectivity index (χ0n) is 7.61. The van der Waals surface area contributed by atoms with Gasteiger partial charge in [-0.3, -0.25) is 4.79 Å². The summed E-state index contributed by atoms with van der Waals surface area (Å²) in [6.45, 7) is 0. The van der Waals surface area contributed by atoms with E-state index in [1.54, 1.807) is 0 Å². The Hall–Kier alpha value is -0.220. The lowest BCUT2D eigenvalue weighted by molar-refractivity contribution is -0.137. The minimum atomic E-state index is -0.760. The van der Waals surface area contributed by atoms with Crippen molar-refractivity contribution in [2.45, 2.75) is 31.8 Å². The Morgan fingerprint density at radius 3 is 2.77 bits per heavy atom. The Labute approximate surface area is 82.5 Å². The Morgan fingerprint density at radius 1 is 1.38 bits per heavy atom. The smallest absolute Gasteiger partial charge is 0.303 e. The molecule has 76 valence electrons. The first-order valence-electron chi connectivity index (χ1n) is 4.67. The van der Waals surface area contributed by atoms with E-state index < -0.39 is 5.97 Å². The summed E-state index contributed by atoms with van der Waals surface area (Å²) in [6, 6.07) is 0. The molecule has 1 saturated heterocycles. The number of hydrogen-bond donors (Lipinski definition) is 2. The molecule has 0 aromatic rings. The molecule has 3 nitrogen and oxygen atoms in total. The number of aliphatic hydroxyl groups is 1. The van der Waals surface area contributed by atoms with Crippen molar-refractivity contribution in [1.29, 1.82) is 0 Å². The van der Waals surface area contributed by atoms with Gasteiger partial charge in [-0.25, -0.2) is 0 Å². The fourth-order valence-corrected chi connectivity index (χ4v) is 2.70. The van der Waals surface area contributed by atoms with Crippen LogP contribution in [0.5, 0.6) is 0 Å². The maximum atomic E-state index is 10.3. The molecule has 0 bridgehead atoms. The Bertz CT molecular complexity index is 172. The van der Waals surface area contributed by atoms with Gasteiger partial charge in [0.1, 0.15) is 0 Å². The highest BCUT2D eigenvalue weighted by atomic mass is 32.2. The van der Waals surface area contributed by atoms with Crippen LogP contribution in [0.3, 0.4) is 0 Å². The molecule has 0 aliphatic carbocycles. The Balaban J connectivity index is 2.31. The summed E-state index contributed by atoms with van der Waals surface area (Å²) in [5.41, 5.74) is 0. The molecule has 1 heterocycles. The van der Waals surface area contributed by atoms with E-state index in [1.807, 2.05) is 11.8 Å². The molecule has 1 fully saturated rings. The number of carboxylic acids is 1. The first-order chi connectivity index (χ1) is 6.20. The number of carboxylic acid groups (broad SMARTS) is 1. The number of carbonyl (C=O) groups is 1. The van der Waals surface area contributed by atoms with Gasteiger partial charge in [0, 0.05) is 6.42 Å². The molecular weight excluding hydrogens is 188 g/mol. The number of aliphatic carboxylic acids is 1. The minimum absolute atomic E-state index is 0.187. The zero-order valence-corrected chi connectivity index (χ0v) is 8.42. The van der Waals surface area contributed by atoms with Crippen LogP contribution in [0.25, 0.3) is 0 Å². The summed E-state index contributed by atoms with van der Waals surface area (Å²) in [5.74, 6) is 1.50. The highest BCUT2D eigenvalue weighted by molar-refractivity contribution is 7.99. The highest BCUT2D eigenvalue weighted by Gasteiger charge is 2.22. The van der Waals surface area contributed by atoms with Crippen LogP contribution in [-0.4, -0.2) is 33.8 Å². The fourth-order valence-electron chi connectivity index (χ4n) is 1.61. The molecule has 1 rings (SSSR count). The number of rotatable bonds is 3. The van der Waals surface area contributed by atoms with Gasteiger partial charge in [-0.05, 0) is 36.7 Å². The molecular formula is C9H16O3S. The topological polar surface area (TPSA) is 57.5 Å². The van der Waals surface area contributed by atoms with Crippen LogP contribution in [-0.2, 0) is 4.79 Å². The van der Waals surface area contributed by atoms with E-state index in [0.717, 1.165) is 24.3 Å². The van der Waals surface area contributed by atoms with Gasteiger partial charge in [0.15, 0.2) is 0 Å². The van der Waals surface area contributed by atoms with Crippen LogP contribution in [0.15, 0.2) is 0 Å². The predicted octanol–water partition coefficient (Wildman–Crippen LogP) is 1.36. The molecule has 0 aromatic carbocycles. The van der Waals surface area contributed by atoms with Crippen molar-refractivity contribution in [2.75, 3.05) is 11.5 Å². The summed E-state index contributed by atoms with van der Waals surface area (Å²) in [4.78, 5) is 10.3. The van der Waals surface area contributed by atoms with Gasteiger partial charge in [-0.15, -0.1) is 0 Å². The van der Waals surface area contributed by atoms with Crippen molar-refractivity contribution in [2.24, 2.45) is 5.92 Å². The maximum absolute atomic E-state index is 10.3. The van der Waals surface area contributed by atoms with E-state index in [4.69, 9.17) is 5.11 Å². The molecule has 0 aromatic heterocycles. The van der Waals surface area contributed by atoms with Crippen LogP contribution >= 0.6 is 11.8 Å². The molecule has 2 N–H and O–H groups in total. The monoisotopic (exact) mass is 204 g/mol. The van der Waals surface area contributed by atoms with Gasteiger partial charge in [0.05, 0.1) is 6.10 Å². The van der Waals surface area contributed by atoms with Crippen molar-refractivity contribution >= 4 is 17.7 Å². The molecule has 0 amide bonds. The van der Waals surface area contributed by atoms with Crippen LogP contribution < -0.4 is 0 Å². The third-order valence-electron chi connectivity index (χ3n) is 2.46. The Kier molecular flexibility index (Phi) is 4.59. The molecule has 0 spiro atoms. The molecule has 13 heavy (non-hydrogen) atoms. The second-order valence-electron chi connectivity index (χ2n) is 3.45. The van der Waals surface area contributed by atoms with Crippen molar-refractivity contribution in [3.05, 3.63) is 0 Å². The molecule has 1 aliphatic rings. The highest BCUT2D eigenvalue weighted by Crippen LogP contribution is 2.25. The largest absolute Gasteiger partial charge is 0.481 e. The van der Waals surface area contributed by atoms with Crippen LogP contribution in [0, 0.1) is 5.92 Å². The van der Waals surface area contributed by atoms with Crippen molar-refractivity contribution in [1.82, 2.24) is 0 Å². The number of aliphatic hydroxyl groups excluding tert-OH is 1. The van der Waals surface area contributed by atoms with E-state index >= 15 is 0 Å². The third-order valence-corrected chi connectivity index (χ3v) is 3.51. The molecule has 0 unspecified atom stereocenters. The standard InChI is InChI=1S/C9H16O3S/c10-8-4-6-13-5-3-7(8)1-2-9(11)12/h7-8,10H,1-6H2,(H,11,12)/t7-,8+/m0/s1. The van der Waals surface area contributed by atoms with Gasteiger partial charge in [-0.2, -0.15) is 11.8 Å². The normalized spacial score (nSPS) is 29.6. The van der Waals surface area contributed by atoms with Crippen molar-refractivity contribution in [3.8, 4) is 0 Å². The van der Waals surface area contributed by atoms with E-state index in [0.29, 0.717) is 6.42 Å². The molecule has 0 radical (unpaired) electrons. The van der Waals surface area contributed by atoms with E-state index in [1.165, 1.54) is 0 Å². The first-order valence-corrected chi connectivity index (χ1v) is 5.83. The van der Waals surface area contributed by atoms with E-state index in [9.17, 15) is 9.90 Å². The summed E-state index contributed by atoms with van der Waals surface area (Å²) < 4.78 is 0. The summed E-state index contributed by atoms with van der Waals surface area (Å²) in [5, 5.41) is 18.2. The van der Waals surface area contributed by atoms with Gasteiger partial charge in [-0.1, -0.05) is 0 Å². The summed E-state index contributed by atoms with van der Waals surface area (Å²) >= 11 is 1.85. The minimum Gasteiger partial charge on any atom is -0.481 e. The molecule has 1 aliphatic heterocycles. The van der Waals surface area contributed by atoms with E-state index in [2.05, 4.69) is 0 Å². The van der Waals surface area contributed by atoms with Crippen LogP contribution in [0.2, 0.25) is 0 Å². The molecule has 0 saturated carbocycles. The van der Waals surface area contributed by atoms with Crippen LogP contribution in [0.1, 0.15) is 25.7 Å². The molecule has 2 atom stereocenters. The average molecular weight is 204 g/mol. The van der Waals surface area contributed by atoms with Gasteiger partial charge < -0.3 is 10.2 Å².